The summed E-state index contributed by atoms with van der Waals surface area (Å²) in [6, 6.07) is 7.18. The molecule has 0 aliphatic carbocycles. The van der Waals surface area contributed by atoms with Crippen LogP contribution in [0, 0.1) is 0 Å². The minimum absolute atomic E-state index is 0.0553. The molecule has 0 radical (unpaired) electrons. The van der Waals surface area contributed by atoms with Gasteiger partial charge in [-0.25, -0.2) is 4.99 Å². The SMILES string of the molecule is NC(=S)NS1(CCc2ccccc2Cl)C=NC(C(F)(F)F)=C1. The van der Waals surface area contributed by atoms with Crippen LogP contribution in [0.3, 0.4) is 0 Å². The Bertz CT molecular complexity index is 646. The van der Waals surface area contributed by atoms with Crippen LogP contribution in [-0.2, 0) is 6.42 Å². The van der Waals surface area contributed by atoms with Crippen molar-refractivity contribution in [3.8, 4) is 0 Å². The Morgan fingerprint density at radius 1 is 1.36 bits per heavy atom. The number of halogens is 4. The van der Waals surface area contributed by atoms with E-state index in [0.29, 0.717) is 17.2 Å². The van der Waals surface area contributed by atoms with Crippen LogP contribution >= 0.6 is 34.0 Å². The number of aryl methyl sites for hydroxylation is 1. The van der Waals surface area contributed by atoms with Gasteiger partial charge in [0.15, 0.2) is 10.8 Å². The minimum Gasteiger partial charge on any atom is -0.376 e. The summed E-state index contributed by atoms with van der Waals surface area (Å²) in [5, 5.41) is 1.60. The second-order valence-corrected chi connectivity index (χ2v) is 8.20. The van der Waals surface area contributed by atoms with Gasteiger partial charge in [-0.05, 0) is 30.3 Å². The zero-order valence-electron chi connectivity index (χ0n) is 11.2. The Morgan fingerprint density at radius 3 is 2.59 bits per heavy atom. The largest absolute Gasteiger partial charge is 0.433 e. The second-order valence-electron chi connectivity index (χ2n) is 4.60. The molecule has 22 heavy (non-hydrogen) atoms. The van der Waals surface area contributed by atoms with E-state index in [9.17, 15) is 13.2 Å². The molecular formula is C13H13ClF3N3S2. The van der Waals surface area contributed by atoms with E-state index in [-0.39, 0.29) is 5.11 Å². The van der Waals surface area contributed by atoms with Crippen LogP contribution in [0.2, 0.25) is 5.02 Å². The molecule has 0 saturated carbocycles. The number of hydrogen-bond acceptors (Lipinski definition) is 2. The summed E-state index contributed by atoms with van der Waals surface area (Å²) in [6.45, 7) is 0. The average Bonchev–Trinajstić information content (AvgIpc) is 2.81. The maximum atomic E-state index is 12.8. The van der Waals surface area contributed by atoms with Crippen molar-refractivity contribution in [2.24, 2.45) is 10.7 Å². The Kier molecular flexibility index (Phi) is 5.03. The molecule has 0 bridgehead atoms. The normalized spacial score (nSPS) is 23.7. The lowest BCUT2D eigenvalue weighted by molar-refractivity contribution is -0.0919. The summed E-state index contributed by atoms with van der Waals surface area (Å²) >= 11 is 10.9. The number of nitrogens with zero attached hydrogens (tertiary/aromatic N) is 1. The molecule has 3 nitrogen and oxygen atoms in total. The highest BCUT2D eigenvalue weighted by atomic mass is 35.5. The summed E-state index contributed by atoms with van der Waals surface area (Å²) < 4.78 is 41.1. The summed E-state index contributed by atoms with van der Waals surface area (Å²) in [5.41, 5.74) is 6.65. The lowest BCUT2D eigenvalue weighted by Crippen LogP contribution is -2.33. The number of nitrogens with one attached hydrogen (secondary N) is 1. The highest BCUT2D eigenvalue weighted by Crippen LogP contribution is 2.51. The molecule has 120 valence electrons. The molecule has 1 atom stereocenters. The fraction of sp³-hybridized carbons (Fsp3) is 0.231. The van der Waals surface area contributed by atoms with E-state index in [1.807, 2.05) is 12.1 Å². The van der Waals surface area contributed by atoms with Crippen molar-refractivity contribution < 1.29 is 13.2 Å². The van der Waals surface area contributed by atoms with E-state index in [0.717, 1.165) is 11.0 Å². The predicted octanol–water partition coefficient (Wildman–Crippen LogP) is 3.88. The van der Waals surface area contributed by atoms with Crippen molar-refractivity contribution in [3.05, 3.63) is 46.0 Å². The van der Waals surface area contributed by atoms with Gasteiger partial charge in [0.1, 0.15) is 0 Å². The third-order valence-corrected chi connectivity index (χ3v) is 6.15. The topological polar surface area (TPSA) is 50.4 Å². The molecule has 1 heterocycles. The molecule has 3 N–H and O–H groups in total. The van der Waals surface area contributed by atoms with Crippen molar-refractivity contribution in [2.45, 2.75) is 12.6 Å². The smallest absolute Gasteiger partial charge is 0.376 e. The maximum absolute atomic E-state index is 12.8. The highest BCUT2D eigenvalue weighted by molar-refractivity contribution is 8.45. The van der Waals surface area contributed by atoms with E-state index < -0.39 is 22.1 Å². The van der Waals surface area contributed by atoms with E-state index >= 15 is 0 Å². The van der Waals surface area contributed by atoms with Crippen LogP contribution in [-0.4, -0.2) is 22.6 Å². The van der Waals surface area contributed by atoms with Gasteiger partial charge in [0.25, 0.3) is 0 Å². The quantitative estimate of drug-likeness (QED) is 0.794. The zero-order valence-corrected chi connectivity index (χ0v) is 13.6. The van der Waals surface area contributed by atoms with Crippen molar-refractivity contribution >= 4 is 44.7 Å². The molecule has 1 aromatic carbocycles. The summed E-state index contributed by atoms with van der Waals surface area (Å²) in [6.07, 6.45) is -4.01. The van der Waals surface area contributed by atoms with Crippen molar-refractivity contribution in [1.29, 1.82) is 0 Å². The number of benzene rings is 1. The van der Waals surface area contributed by atoms with Crippen molar-refractivity contribution in [3.63, 3.8) is 0 Å². The van der Waals surface area contributed by atoms with Gasteiger partial charge in [-0.15, -0.1) is 10.2 Å². The Labute approximate surface area is 137 Å². The van der Waals surface area contributed by atoms with Crippen LogP contribution in [0.1, 0.15) is 5.56 Å². The standard InChI is InChI=1S/C13H13ClF3N3S2/c14-10-4-2-1-3-9(10)5-6-22(20-12(18)21)7-11(19-8-22)13(15,16)17/h1-4,7-8H,5-6H2,(H3,18,20,21). The molecule has 2 rings (SSSR count). The van der Waals surface area contributed by atoms with Crippen LogP contribution < -0.4 is 10.5 Å². The number of alkyl halides is 3. The molecule has 0 spiro atoms. The van der Waals surface area contributed by atoms with Crippen molar-refractivity contribution in [1.82, 2.24) is 4.72 Å². The second kappa shape index (κ2) is 6.47. The van der Waals surface area contributed by atoms with E-state index in [4.69, 9.17) is 29.6 Å². The van der Waals surface area contributed by atoms with Crippen LogP contribution in [0.5, 0.6) is 0 Å². The molecule has 1 aromatic rings. The number of hydrogen-bond donors (Lipinski definition) is 2. The number of nitrogens with two attached hydrogens (primary N) is 1. The summed E-state index contributed by atoms with van der Waals surface area (Å²) in [4.78, 5) is 3.49. The maximum Gasteiger partial charge on any atom is 0.433 e. The zero-order chi connectivity index (χ0) is 16.4. The fourth-order valence-electron chi connectivity index (χ4n) is 1.94. The number of rotatable bonds is 4. The first-order valence-corrected chi connectivity index (χ1v) is 8.88. The number of aliphatic imine (C=N–C) groups is 1. The van der Waals surface area contributed by atoms with Gasteiger partial charge in [0.05, 0.1) is 5.55 Å². The van der Waals surface area contributed by atoms with Gasteiger partial charge in [-0.1, -0.05) is 29.8 Å². The van der Waals surface area contributed by atoms with Gasteiger partial charge in [-0.3, -0.25) is 0 Å². The first-order valence-electron chi connectivity index (χ1n) is 6.16. The first kappa shape index (κ1) is 17.1. The van der Waals surface area contributed by atoms with Crippen LogP contribution in [0.25, 0.3) is 0 Å². The third kappa shape index (κ3) is 4.15. The van der Waals surface area contributed by atoms with Crippen LogP contribution in [0.15, 0.2) is 40.4 Å². The van der Waals surface area contributed by atoms with E-state index in [1.54, 1.807) is 12.1 Å². The van der Waals surface area contributed by atoms with E-state index in [2.05, 4.69) is 9.71 Å². The first-order chi connectivity index (χ1) is 10.2. The fourth-order valence-corrected chi connectivity index (χ4v) is 4.96. The minimum atomic E-state index is -4.49. The molecule has 1 aliphatic heterocycles. The van der Waals surface area contributed by atoms with Gasteiger partial charge < -0.3 is 10.5 Å². The third-order valence-electron chi connectivity index (χ3n) is 2.95. The van der Waals surface area contributed by atoms with Gasteiger partial charge in [-0.2, -0.15) is 13.2 Å². The van der Waals surface area contributed by atoms with Gasteiger partial charge in [0.2, 0.25) is 0 Å². The molecule has 9 heteroatoms. The molecule has 1 unspecified atom stereocenters. The lowest BCUT2D eigenvalue weighted by atomic mass is 10.2. The van der Waals surface area contributed by atoms with Crippen molar-refractivity contribution in [2.75, 3.05) is 5.75 Å². The summed E-state index contributed by atoms with van der Waals surface area (Å²) in [7, 11) is -2.16. The monoisotopic (exact) mass is 367 g/mol. The average molecular weight is 368 g/mol. The molecule has 0 saturated heterocycles. The Morgan fingerprint density at radius 2 is 2.05 bits per heavy atom. The molecule has 1 aliphatic rings. The number of thiocarbonyl (C=S) groups is 1. The number of allylic oxidation sites excluding steroid dienone is 1. The summed E-state index contributed by atoms with van der Waals surface area (Å²) in [5.74, 6) is 0.372. The lowest BCUT2D eigenvalue weighted by Gasteiger charge is -2.31. The Hall–Kier alpha value is -1.25. The van der Waals surface area contributed by atoms with Gasteiger partial charge >= 0.3 is 6.18 Å². The van der Waals surface area contributed by atoms with Crippen LogP contribution in [0.4, 0.5) is 13.2 Å². The highest BCUT2D eigenvalue weighted by Gasteiger charge is 2.39. The Balaban J connectivity index is 2.22. The van der Waals surface area contributed by atoms with E-state index in [1.165, 1.54) is 5.55 Å². The molecule has 0 fully saturated rings. The van der Waals surface area contributed by atoms with Gasteiger partial charge in [0, 0.05) is 16.2 Å². The predicted molar refractivity (Wildman–Crippen MR) is 90.2 cm³/mol. The molecular weight excluding hydrogens is 355 g/mol. The molecule has 0 aromatic heterocycles. The molecule has 0 amide bonds.